The van der Waals surface area contributed by atoms with Gasteiger partial charge in [-0.25, -0.2) is 9.97 Å². The van der Waals surface area contributed by atoms with Gasteiger partial charge in [-0.2, -0.15) is 0 Å². The molecule has 0 radical (unpaired) electrons. The summed E-state index contributed by atoms with van der Waals surface area (Å²) >= 11 is 2.30. The first-order valence-electron chi connectivity index (χ1n) is 6.53. The molecule has 0 amide bonds. The van der Waals surface area contributed by atoms with Gasteiger partial charge >= 0.3 is 0 Å². The van der Waals surface area contributed by atoms with E-state index < -0.39 is 0 Å². The van der Waals surface area contributed by atoms with E-state index in [9.17, 15) is 0 Å². The Morgan fingerprint density at radius 2 is 1.90 bits per heavy atom. The Labute approximate surface area is 136 Å². The number of fused-ring (bicyclic) bond motifs is 1. The van der Waals surface area contributed by atoms with Crippen LogP contribution in [-0.2, 0) is 6.54 Å². The van der Waals surface area contributed by atoms with Gasteiger partial charge in [0.1, 0.15) is 17.9 Å². The van der Waals surface area contributed by atoms with E-state index in [2.05, 4.69) is 43.9 Å². The first-order valence-corrected chi connectivity index (χ1v) is 7.61. The molecule has 3 rings (SSSR count). The Hall–Kier alpha value is -1.89. The van der Waals surface area contributed by atoms with Crippen LogP contribution < -0.4 is 10.1 Å². The second kappa shape index (κ2) is 6.26. The van der Waals surface area contributed by atoms with E-state index in [1.54, 1.807) is 13.4 Å². The summed E-state index contributed by atoms with van der Waals surface area (Å²) in [6, 6.07) is 14.1. The van der Waals surface area contributed by atoms with E-state index in [0.29, 0.717) is 6.54 Å². The van der Waals surface area contributed by atoms with E-state index >= 15 is 0 Å². The molecule has 3 aromatic rings. The summed E-state index contributed by atoms with van der Waals surface area (Å²) in [6.45, 7) is 0.710. The number of hydrogen-bond donors (Lipinski definition) is 1. The van der Waals surface area contributed by atoms with Crippen LogP contribution in [0.2, 0.25) is 0 Å². The first kappa shape index (κ1) is 14.1. The topological polar surface area (TPSA) is 47.0 Å². The van der Waals surface area contributed by atoms with Crippen molar-refractivity contribution in [1.29, 1.82) is 0 Å². The van der Waals surface area contributed by atoms with Crippen molar-refractivity contribution in [1.82, 2.24) is 9.97 Å². The average molecular weight is 391 g/mol. The van der Waals surface area contributed by atoms with Crippen LogP contribution in [-0.4, -0.2) is 17.1 Å². The fourth-order valence-corrected chi connectivity index (χ4v) is 2.59. The maximum atomic E-state index is 5.16. The third-order valence-electron chi connectivity index (χ3n) is 3.22. The largest absolute Gasteiger partial charge is 0.497 e. The van der Waals surface area contributed by atoms with Crippen molar-refractivity contribution < 1.29 is 4.74 Å². The van der Waals surface area contributed by atoms with Gasteiger partial charge in [0.05, 0.1) is 12.6 Å². The minimum atomic E-state index is 0.710. The Balaban J connectivity index is 1.82. The molecule has 21 heavy (non-hydrogen) atoms. The fraction of sp³-hybridized carbons (Fsp3) is 0.125. The molecule has 5 heteroatoms. The molecule has 0 bridgehead atoms. The van der Waals surface area contributed by atoms with Crippen molar-refractivity contribution in [3.63, 3.8) is 0 Å². The molecule has 0 aliphatic carbocycles. The lowest BCUT2D eigenvalue weighted by Gasteiger charge is -2.09. The predicted molar refractivity (Wildman–Crippen MR) is 92.6 cm³/mol. The Bertz CT molecular complexity index is 759. The molecule has 0 saturated heterocycles. The van der Waals surface area contributed by atoms with Crippen molar-refractivity contribution in [2.24, 2.45) is 0 Å². The van der Waals surface area contributed by atoms with E-state index in [0.717, 1.165) is 22.5 Å². The molecule has 1 N–H and O–H groups in total. The van der Waals surface area contributed by atoms with E-state index in [1.807, 2.05) is 36.4 Å². The van der Waals surface area contributed by atoms with Gasteiger partial charge < -0.3 is 10.1 Å². The fourth-order valence-electron chi connectivity index (χ4n) is 2.10. The smallest absolute Gasteiger partial charge is 0.137 e. The average Bonchev–Trinajstić information content (AvgIpc) is 2.53. The second-order valence-electron chi connectivity index (χ2n) is 4.59. The van der Waals surface area contributed by atoms with Gasteiger partial charge in [0, 0.05) is 15.5 Å². The van der Waals surface area contributed by atoms with Crippen LogP contribution in [0.15, 0.2) is 48.8 Å². The highest BCUT2D eigenvalue weighted by atomic mass is 127. The molecule has 0 atom stereocenters. The van der Waals surface area contributed by atoms with Crippen LogP contribution in [0.5, 0.6) is 5.75 Å². The number of nitrogens with zero attached hydrogens (tertiary/aromatic N) is 2. The van der Waals surface area contributed by atoms with Gasteiger partial charge in [-0.3, -0.25) is 0 Å². The van der Waals surface area contributed by atoms with Crippen molar-refractivity contribution >= 4 is 39.3 Å². The third kappa shape index (κ3) is 3.24. The number of ether oxygens (including phenoxy) is 1. The Morgan fingerprint density at radius 3 is 2.67 bits per heavy atom. The number of nitrogens with one attached hydrogen (secondary N) is 1. The summed E-state index contributed by atoms with van der Waals surface area (Å²) in [7, 11) is 1.67. The lowest BCUT2D eigenvalue weighted by atomic mass is 10.2. The molecule has 106 valence electrons. The highest BCUT2D eigenvalue weighted by Crippen LogP contribution is 2.22. The number of aromatic nitrogens is 2. The van der Waals surface area contributed by atoms with Gasteiger partial charge in [0.15, 0.2) is 0 Å². The normalized spacial score (nSPS) is 10.6. The van der Waals surface area contributed by atoms with E-state index in [1.165, 1.54) is 9.13 Å². The third-order valence-corrected chi connectivity index (χ3v) is 3.89. The monoisotopic (exact) mass is 391 g/mol. The Morgan fingerprint density at radius 1 is 1.10 bits per heavy atom. The molecule has 0 saturated carbocycles. The van der Waals surface area contributed by atoms with Crippen LogP contribution in [0.25, 0.3) is 10.9 Å². The van der Waals surface area contributed by atoms with Crippen LogP contribution in [0, 0.1) is 3.57 Å². The van der Waals surface area contributed by atoms with Gasteiger partial charge in [-0.1, -0.05) is 12.1 Å². The molecule has 0 aliphatic heterocycles. The zero-order valence-corrected chi connectivity index (χ0v) is 13.7. The molecule has 0 aliphatic rings. The molecular weight excluding hydrogens is 377 g/mol. The minimum Gasteiger partial charge on any atom is -0.497 e. The standard InChI is InChI=1S/C16H14IN3O/c1-21-13-5-2-11(3-6-13)9-18-16-14-8-12(17)4-7-15(14)19-10-20-16/h2-8,10H,9H2,1H3,(H,18,19,20). The molecule has 1 heterocycles. The molecule has 0 unspecified atom stereocenters. The lowest BCUT2D eigenvalue weighted by Crippen LogP contribution is -2.02. The van der Waals surface area contributed by atoms with E-state index in [-0.39, 0.29) is 0 Å². The van der Waals surface area contributed by atoms with Gasteiger partial charge in [-0.05, 0) is 58.5 Å². The van der Waals surface area contributed by atoms with Crippen molar-refractivity contribution in [2.45, 2.75) is 6.54 Å². The number of methoxy groups -OCH3 is 1. The number of halogens is 1. The molecule has 1 aromatic heterocycles. The lowest BCUT2D eigenvalue weighted by molar-refractivity contribution is 0.414. The van der Waals surface area contributed by atoms with Gasteiger partial charge in [0.25, 0.3) is 0 Å². The minimum absolute atomic E-state index is 0.710. The maximum Gasteiger partial charge on any atom is 0.137 e. The van der Waals surface area contributed by atoms with Gasteiger partial charge in [0.2, 0.25) is 0 Å². The molecule has 2 aromatic carbocycles. The summed E-state index contributed by atoms with van der Waals surface area (Å²) in [5.74, 6) is 1.72. The quantitative estimate of drug-likeness (QED) is 0.687. The zero-order valence-electron chi connectivity index (χ0n) is 11.5. The SMILES string of the molecule is COc1ccc(CNc2ncnc3ccc(I)cc23)cc1. The van der Waals surface area contributed by atoms with Crippen molar-refractivity contribution in [3.8, 4) is 5.75 Å². The molecule has 4 nitrogen and oxygen atoms in total. The summed E-state index contributed by atoms with van der Waals surface area (Å²) in [5.41, 5.74) is 2.12. The summed E-state index contributed by atoms with van der Waals surface area (Å²) in [5, 5.41) is 4.41. The van der Waals surface area contributed by atoms with Gasteiger partial charge in [-0.15, -0.1) is 0 Å². The number of rotatable bonds is 4. The number of anilines is 1. The van der Waals surface area contributed by atoms with Crippen LogP contribution in [0.3, 0.4) is 0 Å². The second-order valence-corrected chi connectivity index (χ2v) is 5.83. The molecular formula is C16H14IN3O. The van der Waals surface area contributed by atoms with Crippen LogP contribution in [0.1, 0.15) is 5.56 Å². The highest BCUT2D eigenvalue weighted by Gasteiger charge is 2.04. The zero-order chi connectivity index (χ0) is 14.7. The first-order chi connectivity index (χ1) is 10.3. The summed E-state index contributed by atoms with van der Waals surface area (Å²) in [6.07, 6.45) is 1.59. The Kier molecular flexibility index (Phi) is 4.19. The molecule has 0 spiro atoms. The maximum absolute atomic E-state index is 5.16. The van der Waals surface area contributed by atoms with Crippen molar-refractivity contribution in [2.75, 3.05) is 12.4 Å². The number of benzene rings is 2. The van der Waals surface area contributed by atoms with E-state index in [4.69, 9.17) is 4.74 Å². The predicted octanol–water partition coefficient (Wildman–Crippen LogP) is 3.86. The number of hydrogen-bond acceptors (Lipinski definition) is 4. The van der Waals surface area contributed by atoms with Crippen LogP contribution in [0.4, 0.5) is 5.82 Å². The summed E-state index contributed by atoms with van der Waals surface area (Å²) < 4.78 is 6.33. The van der Waals surface area contributed by atoms with Crippen LogP contribution >= 0.6 is 22.6 Å². The summed E-state index contributed by atoms with van der Waals surface area (Å²) in [4.78, 5) is 8.64. The van der Waals surface area contributed by atoms with Crippen molar-refractivity contribution in [3.05, 3.63) is 57.9 Å². The highest BCUT2D eigenvalue weighted by molar-refractivity contribution is 14.1. The molecule has 0 fully saturated rings.